The van der Waals surface area contributed by atoms with Crippen molar-refractivity contribution in [1.29, 1.82) is 0 Å². The maximum Gasteiger partial charge on any atom is 0.344 e. The fourth-order valence-corrected chi connectivity index (χ4v) is 3.43. The fraction of sp³-hybridized carbons (Fsp3) is 0.190. The quantitative estimate of drug-likeness (QED) is 0.364. The van der Waals surface area contributed by atoms with Gasteiger partial charge in [0.1, 0.15) is 17.9 Å². The van der Waals surface area contributed by atoms with E-state index in [0.717, 1.165) is 29.4 Å². The van der Waals surface area contributed by atoms with Crippen molar-refractivity contribution in [3.63, 3.8) is 0 Å². The van der Waals surface area contributed by atoms with E-state index in [4.69, 9.17) is 21.4 Å². The molecule has 7 heteroatoms. The SMILES string of the molecule is CCCc1c(-c2ccccc2)c(=O)oc2cc(OCc3nc(=S)[nH][nH]3)ccc12. The van der Waals surface area contributed by atoms with Crippen LogP contribution in [0.3, 0.4) is 0 Å². The third kappa shape index (κ3) is 3.61. The van der Waals surface area contributed by atoms with E-state index in [0.29, 0.717) is 27.5 Å². The molecule has 6 nitrogen and oxygen atoms in total. The van der Waals surface area contributed by atoms with Gasteiger partial charge in [0.2, 0.25) is 4.77 Å². The van der Waals surface area contributed by atoms with Crippen LogP contribution in [-0.4, -0.2) is 15.2 Å². The van der Waals surface area contributed by atoms with Crippen molar-refractivity contribution >= 4 is 23.2 Å². The highest BCUT2D eigenvalue weighted by molar-refractivity contribution is 7.71. The molecule has 0 aliphatic rings. The van der Waals surface area contributed by atoms with E-state index in [1.54, 1.807) is 6.07 Å². The number of rotatable bonds is 6. The largest absolute Gasteiger partial charge is 0.485 e. The van der Waals surface area contributed by atoms with Gasteiger partial charge in [0.25, 0.3) is 0 Å². The Labute approximate surface area is 166 Å². The Morgan fingerprint density at radius 1 is 1.14 bits per heavy atom. The maximum atomic E-state index is 12.8. The molecular weight excluding hydrogens is 374 g/mol. The molecule has 142 valence electrons. The number of H-pyrrole nitrogens is 2. The molecule has 0 saturated heterocycles. The highest BCUT2D eigenvalue weighted by Crippen LogP contribution is 2.30. The zero-order valence-electron chi connectivity index (χ0n) is 15.3. The number of nitrogens with one attached hydrogen (secondary N) is 2. The van der Waals surface area contributed by atoms with Crippen LogP contribution in [0, 0.1) is 4.77 Å². The van der Waals surface area contributed by atoms with Crippen molar-refractivity contribution in [2.45, 2.75) is 26.4 Å². The van der Waals surface area contributed by atoms with Gasteiger partial charge in [0, 0.05) is 11.5 Å². The van der Waals surface area contributed by atoms with E-state index in [1.807, 2.05) is 42.5 Å². The van der Waals surface area contributed by atoms with E-state index in [9.17, 15) is 4.79 Å². The molecule has 0 radical (unpaired) electrons. The van der Waals surface area contributed by atoms with Crippen molar-refractivity contribution < 1.29 is 9.15 Å². The molecule has 4 rings (SSSR count). The van der Waals surface area contributed by atoms with Gasteiger partial charge in [-0.25, -0.2) is 9.78 Å². The third-order valence-electron chi connectivity index (χ3n) is 4.47. The minimum absolute atomic E-state index is 0.229. The third-order valence-corrected chi connectivity index (χ3v) is 4.67. The summed E-state index contributed by atoms with van der Waals surface area (Å²) >= 11 is 4.93. The molecule has 2 aromatic carbocycles. The van der Waals surface area contributed by atoms with Crippen molar-refractivity contribution in [2.24, 2.45) is 0 Å². The van der Waals surface area contributed by atoms with Crippen LogP contribution in [0.25, 0.3) is 22.1 Å². The summed E-state index contributed by atoms with van der Waals surface area (Å²) in [5.41, 5.74) is 2.68. The Hall–Kier alpha value is -3.19. The molecule has 2 N–H and O–H groups in total. The fourth-order valence-electron chi connectivity index (χ4n) is 3.27. The summed E-state index contributed by atoms with van der Waals surface area (Å²) in [6.45, 7) is 2.33. The summed E-state index contributed by atoms with van der Waals surface area (Å²) in [6.07, 6.45) is 1.71. The number of hydrogen-bond acceptors (Lipinski definition) is 5. The van der Waals surface area contributed by atoms with Gasteiger partial charge in [0.05, 0.1) is 5.56 Å². The van der Waals surface area contributed by atoms with Gasteiger partial charge in [0.15, 0.2) is 5.82 Å². The molecule has 0 spiro atoms. The first-order valence-electron chi connectivity index (χ1n) is 9.07. The lowest BCUT2D eigenvalue weighted by molar-refractivity contribution is 0.296. The molecule has 2 heterocycles. The number of nitrogens with zero attached hydrogens (tertiary/aromatic N) is 1. The Morgan fingerprint density at radius 3 is 2.68 bits per heavy atom. The molecule has 0 aliphatic heterocycles. The normalized spacial score (nSPS) is 11.0. The summed E-state index contributed by atoms with van der Waals surface area (Å²) in [7, 11) is 0. The highest BCUT2D eigenvalue weighted by Gasteiger charge is 2.16. The first-order valence-corrected chi connectivity index (χ1v) is 9.48. The van der Waals surface area contributed by atoms with Gasteiger partial charge in [-0.15, -0.1) is 0 Å². The first-order chi connectivity index (χ1) is 13.7. The topological polar surface area (TPSA) is 83.9 Å². The van der Waals surface area contributed by atoms with E-state index in [-0.39, 0.29) is 12.2 Å². The number of ether oxygens (including phenoxy) is 1. The highest BCUT2D eigenvalue weighted by atomic mass is 32.1. The van der Waals surface area contributed by atoms with Crippen molar-refractivity contribution in [2.75, 3.05) is 0 Å². The lowest BCUT2D eigenvalue weighted by atomic mass is 9.95. The van der Waals surface area contributed by atoms with E-state index in [1.165, 1.54) is 0 Å². The second-order valence-corrected chi connectivity index (χ2v) is 6.81. The van der Waals surface area contributed by atoms with Crippen molar-refractivity contribution in [3.8, 4) is 16.9 Å². The van der Waals surface area contributed by atoms with Crippen LogP contribution in [-0.2, 0) is 13.0 Å². The Balaban J connectivity index is 1.76. The smallest absolute Gasteiger partial charge is 0.344 e. The Kier molecular flexibility index (Phi) is 5.08. The molecule has 4 aromatic rings. The minimum atomic E-state index is -0.337. The molecule has 0 saturated carbocycles. The van der Waals surface area contributed by atoms with Crippen LogP contribution in [0.5, 0.6) is 5.75 Å². The van der Waals surface area contributed by atoms with Crippen LogP contribution in [0.1, 0.15) is 24.7 Å². The zero-order chi connectivity index (χ0) is 19.5. The summed E-state index contributed by atoms with van der Waals surface area (Å²) in [4.78, 5) is 16.9. The molecular formula is C21H19N3O3S. The number of aromatic nitrogens is 3. The second kappa shape index (κ2) is 7.82. The summed E-state index contributed by atoms with van der Waals surface area (Å²) < 4.78 is 11.8. The standard InChI is InChI=1S/C21H19N3O3S/c1-2-6-16-15-10-9-14(26-12-18-22-21(28)24-23-18)11-17(15)27-20(25)19(16)13-7-4-3-5-8-13/h3-5,7-11H,2,6,12H2,1H3,(H2,22,23,24,28). The van der Waals surface area contributed by atoms with E-state index < -0.39 is 0 Å². The predicted molar refractivity (Wildman–Crippen MR) is 110 cm³/mol. The summed E-state index contributed by atoms with van der Waals surface area (Å²) in [6, 6.07) is 15.2. The van der Waals surface area contributed by atoms with Gasteiger partial charge in [-0.3, -0.25) is 10.2 Å². The van der Waals surface area contributed by atoms with Gasteiger partial charge in [-0.05, 0) is 41.9 Å². The second-order valence-electron chi connectivity index (χ2n) is 6.42. The maximum absolute atomic E-state index is 12.8. The van der Waals surface area contributed by atoms with Crippen LogP contribution < -0.4 is 10.4 Å². The van der Waals surface area contributed by atoms with Crippen LogP contribution in [0.15, 0.2) is 57.7 Å². The lowest BCUT2D eigenvalue weighted by Crippen LogP contribution is -2.08. The number of aromatic amines is 2. The Bertz CT molecular complexity index is 1230. The van der Waals surface area contributed by atoms with Gasteiger partial charge >= 0.3 is 5.63 Å². The first kappa shape index (κ1) is 18.2. The average molecular weight is 393 g/mol. The van der Waals surface area contributed by atoms with Crippen LogP contribution in [0.4, 0.5) is 0 Å². The van der Waals surface area contributed by atoms with Gasteiger partial charge < -0.3 is 9.15 Å². The molecule has 2 aromatic heterocycles. The molecule has 0 bridgehead atoms. The zero-order valence-corrected chi connectivity index (χ0v) is 16.1. The number of fused-ring (bicyclic) bond motifs is 1. The van der Waals surface area contributed by atoms with Crippen molar-refractivity contribution in [3.05, 3.63) is 75.1 Å². The Morgan fingerprint density at radius 2 is 1.96 bits per heavy atom. The number of aryl methyl sites for hydroxylation is 1. The number of hydrogen-bond donors (Lipinski definition) is 2. The molecule has 0 amide bonds. The van der Waals surface area contributed by atoms with E-state index in [2.05, 4.69) is 22.1 Å². The number of benzene rings is 2. The monoisotopic (exact) mass is 393 g/mol. The van der Waals surface area contributed by atoms with Gasteiger partial charge in [-0.2, -0.15) is 0 Å². The summed E-state index contributed by atoms with van der Waals surface area (Å²) in [5, 5.41) is 6.48. The summed E-state index contributed by atoms with van der Waals surface area (Å²) in [5.74, 6) is 1.19. The minimum Gasteiger partial charge on any atom is -0.485 e. The molecule has 28 heavy (non-hydrogen) atoms. The van der Waals surface area contributed by atoms with Crippen LogP contribution in [0.2, 0.25) is 0 Å². The predicted octanol–water partition coefficient (Wildman–Crippen LogP) is 4.77. The molecule has 0 aliphatic carbocycles. The van der Waals surface area contributed by atoms with Crippen LogP contribution >= 0.6 is 12.2 Å². The van der Waals surface area contributed by atoms with Gasteiger partial charge in [-0.1, -0.05) is 43.7 Å². The average Bonchev–Trinajstić information content (AvgIpc) is 3.12. The molecule has 0 unspecified atom stereocenters. The van der Waals surface area contributed by atoms with Crippen molar-refractivity contribution in [1.82, 2.24) is 15.2 Å². The molecule has 0 atom stereocenters. The van der Waals surface area contributed by atoms with E-state index >= 15 is 0 Å². The molecule has 0 fully saturated rings. The lowest BCUT2D eigenvalue weighted by Gasteiger charge is -2.12.